The SMILES string of the molecule is CCCCCCCC[Si](OCC)(OCC)OCC.[SiH4]. The maximum Gasteiger partial charge on any atom is 0.500 e. The highest BCUT2D eigenvalue weighted by Gasteiger charge is 2.39. The molecule has 0 saturated heterocycles. The van der Waals surface area contributed by atoms with Gasteiger partial charge in [-0.1, -0.05) is 39.0 Å². The quantitative estimate of drug-likeness (QED) is 0.387. The summed E-state index contributed by atoms with van der Waals surface area (Å²) in [6.07, 6.45) is 7.75. The van der Waals surface area contributed by atoms with Crippen LogP contribution in [0.2, 0.25) is 6.04 Å². The maximum atomic E-state index is 5.83. The second-order valence-electron chi connectivity index (χ2n) is 4.50. The molecular formula is C14H36O3Si2. The van der Waals surface area contributed by atoms with Gasteiger partial charge in [-0.2, -0.15) is 0 Å². The van der Waals surface area contributed by atoms with Crippen LogP contribution in [-0.4, -0.2) is 39.6 Å². The summed E-state index contributed by atoms with van der Waals surface area (Å²) in [5.41, 5.74) is 0. The van der Waals surface area contributed by atoms with Gasteiger partial charge in [0.15, 0.2) is 0 Å². The molecule has 19 heavy (non-hydrogen) atoms. The topological polar surface area (TPSA) is 27.7 Å². The molecule has 3 nitrogen and oxygen atoms in total. The van der Waals surface area contributed by atoms with Crippen molar-refractivity contribution < 1.29 is 13.3 Å². The van der Waals surface area contributed by atoms with Gasteiger partial charge in [0, 0.05) is 25.9 Å². The molecule has 0 aromatic carbocycles. The minimum Gasteiger partial charge on any atom is -0.374 e. The van der Waals surface area contributed by atoms with Crippen molar-refractivity contribution in [3.05, 3.63) is 0 Å². The molecule has 0 radical (unpaired) electrons. The van der Waals surface area contributed by atoms with Gasteiger partial charge in [0.1, 0.15) is 0 Å². The van der Waals surface area contributed by atoms with Crippen molar-refractivity contribution >= 4 is 19.8 Å². The van der Waals surface area contributed by atoms with Crippen LogP contribution < -0.4 is 0 Å². The molecule has 0 amide bonds. The Morgan fingerprint density at radius 1 is 0.632 bits per heavy atom. The van der Waals surface area contributed by atoms with Crippen LogP contribution >= 0.6 is 0 Å². The molecule has 0 bridgehead atoms. The largest absolute Gasteiger partial charge is 0.500 e. The van der Waals surface area contributed by atoms with E-state index >= 15 is 0 Å². The van der Waals surface area contributed by atoms with E-state index in [4.69, 9.17) is 13.3 Å². The van der Waals surface area contributed by atoms with E-state index in [2.05, 4.69) is 6.92 Å². The second-order valence-corrected chi connectivity index (χ2v) is 7.23. The predicted octanol–water partition coefficient (Wildman–Crippen LogP) is 2.94. The van der Waals surface area contributed by atoms with Crippen LogP contribution in [0.4, 0.5) is 0 Å². The van der Waals surface area contributed by atoms with Crippen molar-refractivity contribution in [1.82, 2.24) is 0 Å². The monoisotopic (exact) mass is 308 g/mol. The molecule has 0 atom stereocenters. The first-order valence-corrected chi connectivity index (χ1v) is 9.59. The van der Waals surface area contributed by atoms with E-state index in [1.807, 2.05) is 20.8 Å². The summed E-state index contributed by atoms with van der Waals surface area (Å²) in [4.78, 5) is 0. The number of hydrogen-bond donors (Lipinski definition) is 0. The molecule has 0 aromatic rings. The lowest BCUT2D eigenvalue weighted by Gasteiger charge is -2.28. The number of unbranched alkanes of at least 4 members (excludes halogenated alkanes) is 5. The first kappa shape index (κ1) is 21.6. The van der Waals surface area contributed by atoms with Gasteiger partial charge in [0.25, 0.3) is 0 Å². The Morgan fingerprint density at radius 2 is 1.05 bits per heavy atom. The van der Waals surface area contributed by atoms with Crippen LogP contribution in [0.25, 0.3) is 0 Å². The predicted molar refractivity (Wildman–Crippen MR) is 90.1 cm³/mol. The lowest BCUT2D eigenvalue weighted by molar-refractivity contribution is 0.0706. The van der Waals surface area contributed by atoms with Gasteiger partial charge in [0.2, 0.25) is 0 Å². The van der Waals surface area contributed by atoms with Crippen LogP contribution in [0.15, 0.2) is 0 Å². The summed E-state index contributed by atoms with van der Waals surface area (Å²) in [5.74, 6) is 0. The third-order valence-electron chi connectivity index (χ3n) is 2.93. The smallest absolute Gasteiger partial charge is 0.374 e. The molecule has 0 aliphatic carbocycles. The van der Waals surface area contributed by atoms with Crippen molar-refractivity contribution in [1.29, 1.82) is 0 Å². The Kier molecular flexibility index (Phi) is 16.7. The fourth-order valence-electron chi connectivity index (χ4n) is 2.12. The highest BCUT2D eigenvalue weighted by atomic mass is 28.4. The van der Waals surface area contributed by atoms with Gasteiger partial charge >= 0.3 is 8.80 Å². The van der Waals surface area contributed by atoms with Crippen LogP contribution in [-0.2, 0) is 13.3 Å². The average Bonchev–Trinajstić information content (AvgIpc) is 2.35. The summed E-state index contributed by atoms with van der Waals surface area (Å²) in [6, 6.07) is 0.967. The summed E-state index contributed by atoms with van der Waals surface area (Å²) in [6.45, 7) is 10.3. The van der Waals surface area contributed by atoms with Crippen LogP contribution in [0.1, 0.15) is 66.2 Å². The highest BCUT2D eigenvalue weighted by molar-refractivity contribution is 6.60. The van der Waals surface area contributed by atoms with E-state index in [-0.39, 0.29) is 11.0 Å². The Bertz CT molecular complexity index is 163. The van der Waals surface area contributed by atoms with E-state index in [9.17, 15) is 0 Å². The van der Waals surface area contributed by atoms with Crippen molar-refractivity contribution in [2.45, 2.75) is 72.3 Å². The third-order valence-corrected chi connectivity index (χ3v) is 6.08. The van der Waals surface area contributed by atoms with Crippen molar-refractivity contribution in [2.24, 2.45) is 0 Å². The van der Waals surface area contributed by atoms with Crippen molar-refractivity contribution in [2.75, 3.05) is 19.8 Å². The van der Waals surface area contributed by atoms with E-state index in [0.29, 0.717) is 19.8 Å². The maximum absolute atomic E-state index is 5.83. The second kappa shape index (κ2) is 14.7. The summed E-state index contributed by atoms with van der Waals surface area (Å²) in [7, 11) is -2.36. The first-order valence-electron chi connectivity index (χ1n) is 7.66. The summed E-state index contributed by atoms with van der Waals surface area (Å²) in [5, 5.41) is 0. The zero-order chi connectivity index (χ0) is 13.7. The fraction of sp³-hybridized carbons (Fsp3) is 1.00. The molecule has 5 heteroatoms. The van der Waals surface area contributed by atoms with E-state index < -0.39 is 8.80 Å². The van der Waals surface area contributed by atoms with Gasteiger partial charge in [-0.05, 0) is 38.2 Å². The number of rotatable bonds is 13. The van der Waals surface area contributed by atoms with E-state index in [1.54, 1.807) is 0 Å². The first-order chi connectivity index (χ1) is 8.74. The molecule has 0 heterocycles. The molecular weight excluding hydrogens is 272 g/mol. The Labute approximate surface area is 125 Å². The molecule has 0 saturated carbocycles. The van der Waals surface area contributed by atoms with Gasteiger partial charge < -0.3 is 13.3 Å². The van der Waals surface area contributed by atoms with Gasteiger partial charge in [-0.25, -0.2) is 0 Å². The zero-order valence-electron chi connectivity index (χ0n) is 12.8. The van der Waals surface area contributed by atoms with E-state index in [0.717, 1.165) is 12.5 Å². The van der Waals surface area contributed by atoms with Gasteiger partial charge in [0.05, 0.1) is 0 Å². The Hall–Kier alpha value is 0.314. The molecule has 0 rings (SSSR count). The van der Waals surface area contributed by atoms with E-state index in [1.165, 1.54) is 32.1 Å². The lowest BCUT2D eigenvalue weighted by Crippen LogP contribution is -2.45. The highest BCUT2D eigenvalue weighted by Crippen LogP contribution is 2.20. The van der Waals surface area contributed by atoms with Crippen molar-refractivity contribution in [3.8, 4) is 0 Å². The molecule has 0 aromatic heterocycles. The fourth-order valence-corrected chi connectivity index (χ4v) is 4.81. The minimum atomic E-state index is -2.36. The van der Waals surface area contributed by atoms with Gasteiger partial charge in [-0.3, -0.25) is 0 Å². The molecule has 0 N–H and O–H groups in total. The minimum absolute atomic E-state index is 0. The third kappa shape index (κ3) is 10.7. The molecule has 0 aliphatic heterocycles. The van der Waals surface area contributed by atoms with Crippen LogP contribution in [0.3, 0.4) is 0 Å². The normalized spacial score (nSPS) is 11.4. The zero-order valence-corrected chi connectivity index (χ0v) is 13.8. The molecule has 0 fully saturated rings. The van der Waals surface area contributed by atoms with Crippen molar-refractivity contribution in [3.63, 3.8) is 0 Å². The molecule has 0 unspecified atom stereocenters. The Morgan fingerprint density at radius 3 is 1.47 bits per heavy atom. The molecule has 0 spiro atoms. The molecule has 0 aliphatic rings. The lowest BCUT2D eigenvalue weighted by atomic mass is 10.1. The summed E-state index contributed by atoms with van der Waals surface area (Å²) < 4.78 is 17.5. The summed E-state index contributed by atoms with van der Waals surface area (Å²) >= 11 is 0. The van der Waals surface area contributed by atoms with Crippen LogP contribution in [0, 0.1) is 0 Å². The van der Waals surface area contributed by atoms with Crippen LogP contribution in [0.5, 0.6) is 0 Å². The average molecular weight is 309 g/mol. The molecule has 118 valence electrons. The Balaban J connectivity index is 0. The number of hydrogen-bond acceptors (Lipinski definition) is 3. The standard InChI is InChI=1S/C14H32O3Si.H4Si/c1-5-9-10-11-12-13-14-18(15-6-2,16-7-3)17-8-4;/h5-14H2,1-4H3;1H4. The van der Waals surface area contributed by atoms with Gasteiger partial charge in [-0.15, -0.1) is 0 Å².